The second-order valence-corrected chi connectivity index (χ2v) is 8.41. The normalized spacial score (nSPS) is 25.3. The topological polar surface area (TPSA) is 60.9 Å². The third kappa shape index (κ3) is 4.08. The standard InChI is InChI=1S/C22H28N2O3/c25-20(18-8-9-18)24-16-22(15-19(24)21(26)27)10-13-23(14-11-22)12-4-7-17-5-2-1-3-6-17/h1-7,18-19H,8-16H2,(H,26,27)/b7-4+/t19-/m0/s1. The molecule has 3 fully saturated rings. The van der Waals surface area contributed by atoms with E-state index in [2.05, 4.69) is 29.2 Å². The number of piperidine rings is 1. The van der Waals surface area contributed by atoms with Crippen molar-refractivity contribution in [3.63, 3.8) is 0 Å². The van der Waals surface area contributed by atoms with Gasteiger partial charge < -0.3 is 10.0 Å². The second-order valence-electron chi connectivity index (χ2n) is 8.41. The van der Waals surface area contributed by atoms with Crippen LogP contribution in [0.15, 0.2) is 36.4 Å². The first-order chi connectivity index (χ1) is 13.1. The maximum atomic E-state index is 12.5. The van der Waals surface area contributed by atoms with E-state index in [-0.39, 0.29) is 17.2 Å². The number of carbonyl (C=O) groups excluding carboxylic acids is 1. The Labute approximate surface area is 160 Å². The summed E-state index contributed by atoms with van der Waals surface area (Å²) in [6, 6.07) is 9.67. The summed E-state index contributed by atoms with van der Waals surface area (Å²) in [5.41, 5.74) is 1.20. The van der Waals surface area contributed by atoms with Crippen molar-refractivity contribution in [1.82, 2.24) is 9.80 Å². The van der Waals surface area contributed by atoms with Crippen LogP contribution in [0.3, 0.4) is 0 Å². The molecule has 1 N–H and O–H groups in total. The minimum atomic E-state index is -0.839. The van der Waals surface area contributed by atoms with Crippen molar-refractivity contribution < 1.29 is 14.7 Å². The van der Waals surface area contributed by atoms with Crippen LogP contribution in [0.4, 0.5) is 0 Å². The van der Waals surface area contributed by atoms with Gasteiger partial charge in [-0.05, 0) is 56.2 Å². The van der Waals surface area contributed by atoms with Gasteiger partial charge in [-0.3, -0.25) is 9.69 Å². The van der Waals surface area contributed by atoms with Crippen molar-refractivity contribution in [2.24, 2.45) is 11.3 Å². The molecule has 4 rings (SSSR count). The molecule has 0 bridgehead atoms. The molecule has 0 radical (unpaired) electrons. The van der Waals surface area contributed by atoms with Gasteiger partial charge in [-0.1, -0.05) is 42.5 Å². The van der Waals surface area contributed by atoms with E-state index in [1.54, 1.807) is 4.90 Å². The predicted octanol–water partition coefficient (Wildman–Crippen LogP) is 2.88. The van der Waals surface area contributed by atoms with Crippen molar-refractivity contribution in [2.45, 2.75) is 38.1 Å². The lowest BCUT2D eigenvalue weighted by Gasteiger charge is -2.38. The van der Waals surface area contributed by atoms with Crippen LogP contribution in [0.25, 0.3) is 6.08 Å². The summed E-state index contributed by atoms with van der Waals surface area (Å²) in [7, 11) is 0. The van der Waals surface area contributed by atoms with Crippen LogP contribution in [0.5, 0.6) is 0 Å². The molecular formula is C22H28N2O3. The third-order valence-corrected chi connectivity index (χ3v) is 6.39. The average Bonchev–Trinajstić information content (AvgIpc) is 3.46. The zero-order valence-electron chi connectivity index (χ0n) is 15.7. The fourth-order valence-electron chi connectivity index (χ4n) is 4.55. The van der Waals surface area contributed by atoms with Crippen LogP contribution in [0.2, 0.25) is 0 Å². The van der Waals surface area contributed by atoms with Crippen molar-refractivity contribution in [1.29, 1.82) is 0 Å². The van der Waals surface area contributed by atoms with Gasteiger partial charge in [-0.25, -0.2) is 4.79 Å². The Morgan fingerprint density at radius 2 is 1.85 bits per heavy atom. The van der Waals surface area contributed by atoms with Gasteiger partial charge in [0.25, 0.3) is 0 Å². The summed E-state index contributed by atoms with van der Waals surface area (Å²) in [4.78, 5) is 28.4. The van der Waals surface area contributed by atoms with E-state index in [0.717, 1.165) is 45.3 Å². The minimum absolute atomic E-state index is 0.00670. The number of carboxylic acids is 1. The average molecular weight is 368 g/mol. The molecule has 0 aromatic heterocycles. The number of carbonyl (C=O) groups is 2. The molecule has 1 aliphatic carbocycles. The number of likely N-dealkylation sites (tertiary alicyclic amines) is 2. The summed E-state index contributed by atoms with van der Waals surface area (Å²) in [5, 5.41) is 9.61. The molecule has 1 saturated carbocycles. The summed E-state index contributed by atoms with van der Waals surface area (Å²) < 4.78 is 0. The number of aliphatic carboxylic acids is 1. The fraction of sp³-hybridized carbons (Fsp3) is 0.545. The van der Waals surface area contributed by atoms with Crippen molar-refractivity contribution in [3.8, 4) is 0 Å². The molecule has 2 saturated heterocycles. The Balaban J connectivity index is 1.33. The van der Waals surface area contributed by atoms with Gasteiger partial charge in [0.2, 0.25) is 5.91 Å². The molecule has 5 nitrogen and oxygen atoms in total. The van der Waals surface area contributed by atoms with Crippen molar-refractivity contribution in [2.75, 3.05) is 26.2 Å². The maximum absolute atomic E-state index is 12.5. The SMILES string of the molecule is O=C(O)[C@@H]1CC2(CCN(C/C=C/c3ccccc3)CC2)CN1C(=O)C1CC1. The molecular weight excluding hydrogens is 340 g/mol. The first-order valence-electron chi connectivity index (χ1n) is 10.0. The summed E-state index contributed by atoms with van der Waals surface area (Å²) in [6.07, 6.45) is 8.77. The van der Waals surface area contributed by atoms with Gasteiger partial charge in [0.15, 0.2) is 0 Å². The maximum Gasteiger partial charge on any atom is 0.326 e. The van der Waals surface area contributed by atoms with E-state index in [9.17, 15) is 14.7 Å². The van der Waals surface area contributed by atoms with Crippen molar-refractivity contribution >= 4 is 18.0 Å². The minimum Gasteiger partial charge on any atom is -0.480 e. The van der Waals surface area contributed by atoms with Gasteiger partial charge >= 0.3 is 5.97 Å². The fourth-order valence-corrected chi connectivity index (χ4v) is 4.55. The molecule has 5 heteroatoms. The monoisotopic (exact) mass is 368 g/mol. The molecule has 1 aromatic rings. The number of nitrogens with zero attached hydrogens (tertiary/aromatic N) is 2. The summed E-state index contributed by atoms with van der Waals surface area (Å²) in [5.74, 6) is -0.674. The van der Waals surface area contributed by atoms with Crippen LogP contribution in [0, 0.1) is 11.3 Å². The number of hydrogen-bond acceptors (Lipinski definition) is 3. The molecule has 2 aliphatic heterocycles. The van der Waals surface area contributed by atoms with Crippen LogP contribution in [-0.4, -0.2) is 59.0 Å². The van der Waals surface area contributed by atoms with E-state index in [1.165, 1.54) is 5.56 Å². The first-order valence-corrected chi connectivity index (χ1v) is 10.0. The number of benzene rings is 1. The Hall–Kier alpha value is -2.14. The van der Waals surface area contributed by atoms with E-state index in [0.29, 0.717) is 13.0 Å². The van der Waals surface area contributed by atoms with Gasteiger partial charge in [-0.15, -0.1) is 0 Å². The van der Waals surface area contributed by atoms with E-state index < -0.39 is 12.0 Å². The number of hydrogen-bond donors (Lipinski definition) is 1. The predicted molar refractivity (Wildman–Crippen MR) is 104 cm³/mol. The highest BCUT2D eigenvalue weighted by molar-refractivity contribution is 5.87. The number of amides is 1. The Morgan fingerprint density at radius 1 is 1.15 bits per heavy atom. The van der Waals surface area contributed by atoms with Crippen LogP contribution in [-0.2, 0) is 9.59 Å². The highest BCUT2D eigenvalue weighted by Crippen LogP contribution is 2.45. The first kappa shape index (κ1) is 18.2. The van der Waals surface area contributed by atoms with Gasteiger partial charge in [-0.2, -0.15) is 0 Å². The number of rotatable bonds is 5. The zero-order chi connectivity index (χ0) is 18.9. The quantitative estimate of drug-likeness (QED) is 0.868. The van der Waals surface area contributed by atoms with Gasteiger partial charge in [0.05, 0.1) is 0 Å². The molecule has 1 amide bonds. The zero-order valence-corrected chi connectivity index (χ0v) is 15.7. The lowest BCUT2D eigenvalue weighted by molar-refractivity contribution is -0.148. The van der Waals surface area contributed by atoms with Crippen LogP contribution in [0.1, 0.15) is 37.7 Å². The highest BCUT2D eigenvalue weighted by atomic mass is 16.4. The van der Waals surface area contributed by atoms with Crippen LogP contribution >= 0.6 is 0 Å². The third-order valence-electron chi connectivity index (χ3n) is 6.39. The molecule has 1 aromatic carbocycles. The smallest absolute Gasteiger partial charge is 0.326 e. The van der Waals surface area contributed by atoms with Crippen LogP contribution < -0.4 is 0 Å². The van der Waals surface area contributed by atoms with E-state index >= 15 is 0 Å². The summed E-state index contributed by atoms with van der Waals surface area (Å²) >= 11 is 0. The van der Waals surface area contributed by atoms with Gasteiger partial charge in [0, 0.05) is 19.0 Å². The molecule has 144 valence electrons. The molecule has 2 heterocycles. The Kier molecular flexibility index (Phi) is 5.04. The lowest BCUT2D eigenvalue weighted by atomic mass is 9.76. The largest absolute Gasteiger partial charge is 0.480 e. The van der Waals surface area contributed by atoms with Gasteiger partial charge in [0.1, 0.15) is 6.04 Å². The molecule has 1 atom stereocenters. The Bertz CT molecular complexity index is 718. The molecule has 1 spiro atoms. The molecule has 0 unspecified atom stereocenters. The summed E-state index contributed by atoms with van der Waals surface area (Å²) in [6.45, 7) is 3.49. The highest BCUT2D eigenvalue weighted by Gasteiger charge is 2.51. The van der Waals surface area contributed by atoms with Crippen molar-refractivity contribution in [3.05, 3.63) is 42.0 Å². The van der Waals surface area contributed by atoms with E-state index in [4.69, 9.17) is 0 Å². The Morgan fingerprint density at radius 3 is 2.48 bits per heavy atom. The van der Waals surface area contributed by atoms with E-state index in [1.807, 2.05) is 18.2 Å². The molecule has 27 heavy (non-hydrogen) atoms. The molecule has 3 aliphatic rings. The number of carboxylic acid groups (broad SMARTS) is 1. The lowest BCUT2D eigenvalue weighted by Crippen LogP contribution is -2.43. The second kappa shape index (κ2) is 7.47.